The summed E-state index contributed by atoms with van der Waals surface area (Å²) in [6.07, 6.45) is 0. The van der Waals surface area contributed by atoms with E-state index in [0.29, 0.717) is 0 Å². The molecule has 4 heteroatoms. The highest BCUT2D eigenvalue weighted by atomic mass is 79.9. The van der Waals surface area contributed by atoms with Gasteiger partial charge in [-0.15, -0.1) is 0 Å². The molecule has 0 aliphatic heterocycles. The Labute approximate surface area is 107 Å². The monoisotopic (exact) mass is 333 g/mol. The Bertz CT molecular complexity index is 377. The normalized spacial score (nSPS) is 9.87. The van der Waals surface area contributed by atoms with Crippen LogP contribution in [0.3, 0.4) is 0 Å². The maximum absolute atomic E-state index is 5.22. The molecule has 0 heterocycles. The van der Waals surface area contributed by atoms with Gasteiger partial charge in [0.1, 0.15) is 5.75 Å². The maximum atomic E-state index is 5.22. The number of hydrogen-bond acceptors (Lipinski definition) is 2. The van der Waals surface area contributed by atoms with E-state index in [-0.39, 0.29) is 0 Å². The zero-order valence-corrected chi connectivity index (χ0v) is 11.9. The summed E-state index contributed by atoms with van der Waals surface area (Å²) in [5, 5.41) is 3.27. The van der Waals surface area contributed by atoms with Crippen molar-refractivity contribution < 1.29 is 4.74 Å². The van der Waals surface area contributed by atoms with Crippen molar-refractivity contribution in [2.75, 3.05) is 19.0 Å². The molecule has 0 spiro atoms. The molecule has 1 aromatic rings. The first-order valence-corrected chi connectivity index (χ1v) is 6.04. The van der Waals surface area contributed by atoms with E-state index in [2.05, 4.69) is 43.8 Å². The Balaban J connectivity index is 2.92. The van der Waals surface area contributed by atoms with Crippen LogP contribution in [0.4, 0.5) is 5.69 Å². The number of nitrogens with one attached hydrogen (secondary N) is 1. The molecule has 0 radical (unpaired) electrons. The van der Waals surface area contributed by atoms with Crippen LogP contribution in [0.15, 0.2) is 33.2 Å². The Morgan fingerprint density at radius 2 is 2.07 bits per heavy atom. The number of methoxy groups -OCH3 is 1. The van der Waals surface area contributed by atoms with Gasteiger partial charge in [-0.25, -0.2) is 0 Å². The Kier molecular flexibility index (Phi) is 4.67. The van der Waals surface area contributed by atoms with E-state index in [1.165, 1.54) is 0 Å². The molecule has 0 unspecified atom stereocenters. The Morgan fingerprint density at radius 3 is 2.60 bits per heavy atom. The first-order chi connectivity index (χ1) is 7.04. The van der Waals surface area contributed by atoms with Gasteiger partial charge in [-0.3, -0.25) is 0 Å². The van der Waals surface area contributed by atoms with Gasteiger partial charge in [-0.05, 0) is 44.8 Å². The number of rotatable bonds is 4. The summed E-state index contributed by atoms with van der Waals surface area (Å²) in [7, 11) is 1.65. The summed E-state index contributed by atoms with van der Waals surface area (Å²) in [6.45, 7) is 6.58. The van der Waals surface area contributed by atoms with Gasteiger partial charge < -0.3 is 10.1 Å². The van der Waals surface area contributed by atoms with Crippen LogP contribution in [0.25, 0.3) is 0 Å². The van der Waals surface area contributed by atoms with E-state index in [0.717, 1.165) is 32.5 Å². The van der Waals surface area contributed by atoms with Gasteiger partial charge in [-0.1, -0.05) is 12.2 Å². The molecule has 82 valence electrons. The summed E-state index contributed by atoms with van der Waals surface area (Å²) in [6, 6.07) is 3.90. The molecule has 0 aromatic heterocycles. The van der Waals surface area contributed by atoms with Gasteiger partial charge in [0.2, 0.25) is 0 Å². The second kappa shape index (κ2) is 5.56. The molecule has 0 atom stereocenters. The van der Waals surface area contributed by atoms with Crippen molar-refractivity contribution in [3.05, 3.63) is 33.2 Å². The fourth-order valence-electron chi connectivity index (χ4n) is 1.07. The minimum Gasteiger partial charge on any atom is -0.495 e. The largest absolute Gasteiger partial charge is 0.495 e. The molecular weight excluding hydrogens is 322 g/mol. The Hall–Kier alpha value is -0.480. The van der Waals surface area contributed by atoms with Gasteiger partial charge in [-0.2, -0.15) is 0 Å². The first kappa shape index (κ1) is 12.6. The molecule has 0 aliphatic rings. The molecule has 1 N–H and O–H groups in total. The van der Waals surface area contributed by atoms with Crippen LogP contribution in [0.2, 0.25) is 0 Å². The summed E-state index contributed by atoms with van der Waals surface area (Å²) in [5.41, 5.74) is 2.09. The summed E-state index contributed by atoms with van der Waals surface area (Å²) < 4.78 is 7.14. The molecule has 0 saturated carbocycles. The molecule has 0 amide bonds. The van der Waals surface area contributed by atoms with E-state index in [1.54, 1.807) is 7.11 Å². The molecule has 0 bridgehead atoms. The summed E-state index contributed by atoms with van der Waals surface area (Å²) in [4.78, 5) is 0. The molecular formula is C11H13Br2NO. The van der Waals surface area contributed by atoms with Crippen molar-refractivity contribution in [3.8, 4) is 5.75 Å². The molecule has 0 saturated heterocycles. The molecule has 15 heavy (non-hydrogen) atoms. The van der Waals surface area contributed by atoms with Crippen molar-refractivity contribution in [2.45, 2.75) is 6.92 Å². The molecule has 0 aliphatic carbocycles. The van der Waals surface area contributed by atoms with Gasteiger partial charge in [0.05, 0.1) is 17.3 Å². The molecule has 1 rings (SSSR count). The van der Waals surface area contributed by atoms with E-state index in [4.69, 9.17) is 4.74 Å². The third-order valence-corrected chi connectivity index (χ3v) is 3.10. The van der Waals surface area contributed by atoms with E-state index >= 15 is 0 Å². The average Bonchev–Trinajstić information content (AvgIpc) is 2.16. The van der Waals surface area contributed by atoms with Crippen molar-refractivity contribution in [1.29, 1.82) is 0 Å². The smallest absolute Gasteiger partial charge is 0.135 e. The predicted octanol–water partition coefficient (Wildman–Crippen LogP) is 4.21. The standard InChI is InChI=1S/C11H13Br2NO/c1-7(2)6-14-10-5-11(15-3)9(13)4-8(10)12/h4-5,14H,1,6H2,2-3H3. The maximum Gasteiger partial charge on any atom is 0.135 e. The lowest BCUT2D eigenvalue weighted by Crippen LogP contribution is -2.02. The van der Waals surface area contributed by atoms with Gasteiger partial charge >= 0.3 is 0 Å². The zero-order valence-electron chi connectivity index (χ0n) is 8.73. The van der Waals surface area contributed by atoms with Crippen molar-refractivity contribution in [2.24, 2.45) is 0 Å². The molecule has 2 nitrogen and oxygen atoms in total. The number of halogens is 2. The molecule has 0 fully saturated rings. The van der Waals surface area contributed by atoms with Crippen molar-refractivity contribution in [3.63, 3.8) is 0 Å². The van der Waals surface area contributed by atoms with Crippen LogP contribution in [-0.2, 0) is 0 Å². The number of anilines is 1. The molecule has 1 aromatic carbocycles. The number of benzene rings is 1. The van der Waals surface area contributed by atoms with Gasteiger partial charge in [0.15, 0.2) is 0 Å². The first-order valence-electron chi connectivity index (χ1n) is 4.46. The van der Waals surface area contributed by atoms with E-state index < -0.39 is 0 Å². The van der Waals surface area contributed by atoms with Crippen LogP contribution in [0, 0.1) is 0 Å². The second-order valence-electron chi connectivity index (χ2n) is 3.28. The van der Waals surface area contributed by atoms with Gasteiger partial charge in [0, 0.05) is 17.1 Å². The lowest BCUT2D eigenvalue weighted by molar-refractivity contribution is 0.412. The summed E-state index contributed by atoms with van der Waals surface area (Å²) in [5.74, 6) is 0.808. The highest BCUT2D eigenvalue weighted by molar-refractivity contribution is 9.11. The lowest BCUT2D eigenvalue weighted by Gasteiger charge is -2.11. The summed E-state index contributed by atoms with van der Waals surface area (Å²) >= 11 is 6.90. The predicted molar refractivity (Wildman–Crippen MR) is 71.7 cm³/mol. The fraction of sp³-hybridized carbons (Fsp3) is 0.273. The van der Waals surface area contributed by atoms with Crippen LogP contribution in [0.5, 0.6) is 5.75 Å². The second-order valence-corrected chi connectivity index (χ2v) is 4.99. The van der Waals surface area contributed by atoms with E-state index in [9.17, 15) is 0 Å². The Morgan fingerprint density at radius 1 is 1.40 bits per heavy atom. The zero-order chi connectivity index (χ0) is 11.4. The van der Waals surface area contributed by atoms with E-state index in [1.807, 2.05) is 19.1 Å². The highest BCUT2D eigenvalue weighted by Gasteiger charge is 2.06. The number of hydrogen-bond donors (Lipinski definition) is 1. The highest BCUT2D eigenvalue weighted by Crippen LogP contribution is 2.34. The van der Waals surface area contributed by atoms with Crippen LogP contribution >= 0.6 is 31.9 Å². The van der Waals surface area contributed by atoms with Crippen molar-refractivity contribution >= 4 is 37.5 Å². The fourth-order valence-corrected chi connectivity index (χ4v) is 2.36. The van der Waals surface area contributed by atoms with Crippen LogP contribution in [-0.4, -0.2) is 13.7 Å². The minimum absolute atomic E-state index is 0.753. The third-order valence-electron chi connectivity index (χ3n) is 1.82. The van der Waals surface area contributed by atoms with Crippen LogP contribution < -0.4 is 10.1 Å². The lowest BCUT2D eigenvalue weighted by atomic mass is 10.2. The SMILES string of the molecule is C=C(C)CNc1cc(OC)c(Br)cc1Br. The van der Waals surface area contributed by atoms with Crippen LogP contribution in [0.1, 0.15) is 6.92 Å². The van der Waals surface area contributed by atoms with Crippen molar-refractivity contribution in [1.82, 2.24) is 0 Å². The topological polar surface area (TPSA) is 21.3 Å². The quantitative estimate of drug-likeness (QED) is 0.833. The average molecular weight is 335 g/mol. The third kappa shape index (κ3) is 3.54. The minimum atomic E-state index is 0.753. The van der Waals surface area contributed by atoms with Gasteiger partial charge in [0.25, 0.3) is 0 Å². The number of ether oxygens (including phenoxy) is 1.